The standard InChI is InChI=1S/C13H18O5/c14-9-11-10-15-5-6-17-12-3-1-2-4-13(12)18-8-7-16-11/h1-4,11,14H,5-10H2. The largest absolute Gasteiger partial charge is 0.487 e. The first-order valence-electron chi connectivity index (χ1n) is 6.05. The van der Waals surface area contributed by atoms with Crippen molar-refractivity contribution < 1.29 is 24.1 Å². The number of ether oxygens (including phenoxy) is 4. The van der Waals surface area contributed by atoms with Crippen molar-refractivity contribution in [2.75, 3.05) is 39.6 Å². The Morgan fingerprint density at radius 2 is 1.67 bits per heavy atom. The zero-order chi connectivity index (χ0) is 12.6. The topological polar surface area (TPSA) is 57.2 Å². The van der Waals surface area contributed by atoms with Gasteiger partial charge in [0.15, 0.2) is 11.5 Å². The van der Waals surface area contributed by atoms with Crippen LogP contribution in [0.5, 0.6) is 11.5 Å². The van der Waals surface area contributed by atoms with E-state index >= 15 is 0 Å². The molecule has 0 aromatic heterocycles. The van der Waals surface area contributed by atoms with Gasteiger partial charge in [-0.2, -0.15) is 0 Å². The average Bonchev–Trinajstić information content (AvgIpc) is 2.40. The molecule has 0 aliphatic carbocycles. The summed E-state index contributed by atoms with van der Waals surface area (Å²) in [6.45, 7) is 2.02. The SMILES string of the molecule is OCC1COCCOc2ccccc2OCCO1. The fourth-order valence-electron chi connectivity index (χ4n) is 1.63. The number of benzene rings is 1. The smallest absolute Gasteiger partial charge is 0.161 e. The Balaban J connectivity index is 1.97. The van der Waals surface area contributed by atoms with Gasteiger partial charge < -0.3 is 24.1 Å². The molecule has 0 bridgehead atoms. The lowest BCUT2D eigenvalue weighted by Gasteiger charge is -2.18. The van der Waals surface area contributed by atoms with Gasteiger partial charge in [0.1, 0.15) is 19.3 Å². The van der Waals surface area contributed by atoms with Gasteiger partial charge in [-0.1, -0.05) is 12.1 Å². The predicted molar refractivity (Wildman–Crippen MR) is 65.1 cm³/mol. The summed E-state index contributed by atoms with van der Waals surface area (Å²) in [6, 6.07) is 7.50. The first kappa shape index (κ1) is 13.1. The zero-order valence-electron chi connectivity index (χ0n) is 10.2. The van der Waals surface area contributed by atoms with Crippen molar-refractivity contribution in [2.24, 2.45) is 0 Å². The molecule has 1 aliphatic rings. The summed E-state index contributed by atoms with van der Waals surface area (Å²) < 4.78 is 22.0. The van der Waals surface area contributed by atoms with Crippen molar-refractivity contribution in [3.63, 3.8) is 0 Å². The zero-order valence-corrected chi connectivity index (χ0v) is 10.2. The van der Waals surface area contributed by atoms with Crippen LogP contribution in [0.3, 0.4) is 0 Å². The van der Waals surface area contributed by atoms with Gasteiger partial charge in [0.05, 0.1) is 26.4 Å². The highest BCUT2D eigenvalue weighted by molar-refractivity contribution is 5.39. The van der Waals surface area contributed by atoms with Crippen LogP contribution >= 0.6 is 0 Å². The molecule has 0 amide bonds. The summed E-state index contributed by atoms with van der Waals surface area (Å²) >= 11 is 0. The van der Waals surface area contributed by atoms with E-state index in [0.717, 1.165) is 0 Å². The molecule has 5 nitrogen and oxygen atoms in total. The molecule has 0 spiro atoms. The molecule has 0 saturated heterocycles. The second-order valence-corrected chi connectivity index (χ2v) is 3.89. The molecule has 0 saturated carbocycles. The third kappa shape index (κ3) is 3.87. The van der Waals surface area contributed by atoms with E-state index in [0.29, 0.717) is 44.5 Å². The Morgan fingerprint density at radius 1 is 1.00 bits per heavy atom. The molecule has 1 aromatic carbocycles. The molecule has 100 valence electrons. The van der Waals surface area contributed by atoms with E-state index < -0.39 is 0 Å². The molecule has 1 aromatic rings. The summed E-state index contributed by atoms with van der Waals surface area (Å²) in [6.07, 6.45) is -0.303. The van der Waals surface area contributed by atoms with Gasteiger partial charge >= 0.3 is 0 Å². The predicted octanol–water partition coefficient (Wildman–Crippen LogP) is 0.852. The third-order valence-corrected chi connectivity index (χ3v) is 2.54. The second-order valence-electron chi connectivity index (χ2n) is 3.89. The van der Waals surface area contributed by atoms with Gasteiger partial charge in [-0.15, -0.1) is 0 Å². The van der Waals surface area contributed by atoms with Gasteiger partial charge in [0.2, 0.25) is 0 Å². The molecular weight excluding hydrogens is 236 g/mol. The molecule has 1 heterocycles. The van der Waals surface area contributed by atoms with Crippen LogP contribution in [0.4, 0.5) is 0 Å². The first-order valence-corrected chi connectivity index (χ1v) is 6.05. The number of aliphatic hydroxyl groups excluding tert-OH is 1. The minimum atomic E-state index is -0.303. The van der Waals surface area contributed by atoms with Crippen molar-refractivity contribution in [1.82, 2.24) is 0 Å². The van der Waals surface area contributed by atoms with Crippen molar-refractivity contribution in [2.45, 2.75) is 6.10 Å². The number of hydrogen-bond donors (Lipinski definition) is 1. The van der Waals surface area contributed by atoms with Crippen LogP contribution in [-0.4, -0.2) is 50.9 Å². The number of fused-ring (bicyclic) bond motifs is 1. The van der Waals surface area contributed by atoms with Crippen molar-refractivity contribution in [3.05, 3.63) is 24.3 Å². The molecule has 0 radical (unpaired) electrons. The molecule has 2 rings (SSSR count). The Hall–Kier alpha value is -1.30. The van der Waals surface area contributed by atoms with Crippen LogP contribution in [0.1, 0.15) is 0 Å². The normalized spacial score (nSPS) is 21.7. The van der Waals surface area contributed by atoms with Crippen LogP contribution in [-0.2, 0) is 9.47 Å². The van der Waals surface area contributed by atoms with Crippen LogP contribution in [0.25, 0.3) is 0 Å². The van der Waals surface area contributed by atoms with Gasteiger partial charge in [-0.05, 0) is 12.1 Å². The molecule has 1 N–H and O–H groups in total. The maximum atomic E-state index is 9.08. The lowest BCUT2D eigenvalue weighted by atomic mass is 10.3. The Bertz CT molecular complexity index is 355. The molecule has 1 aliphatic heterocycles. The summed E-state index contributed by atoms with van der Waals surface area (Å²) in [7, 11) is 0. The highest BCUT2D eigenvalue weighted by atomic mass is 16.6. The first-order chi connectivity index (χ1) is 8.90. The maximum Gasteiger partial charge on any atom is 0.161 e. The summed E-state index contributed by atoms with van der Waals surface area (Å²) in [5, 5.41) is 9.08. The van der Waals surface area contributed by atoms with E-state index in [2.05, 4.69) is 0 Å². The number of aliphatic hydroxyl groups is 1. The second kappa shape index (κ2) is 7.20. The van der Waals surface area contributed by atoms with E-state index in [9.17, 15) is 0 Å². The van der Waals surface area contributed by atoms with Crippen molar-refractivity contribution in [3.8, 4) is 11.5 Å². The lowest BCUT2D eigenvalue weighted by molar-refractivity contribution is -0.0546. The van der Waals surface area contributed by atoms with Crippen molar-refractivity contribution >= 4 is 0 Å². The van der Waals surface area contributed by atoms with Gasteiger partial charge in [-0.3, -0.25) is 0 Å². The summed E-state index contributed by atoms with van der Waals surface area (Å²) in [5.41, 5.74) is 0. The van der Waals surface area contributed by atoms with Crippen LogP contribution < -0.4 is 9.47 Å². The Morgan fingerprint density at radius 3 is 2.33 bits per heavy atom. The number of hydrogen-bond acceptors (Lipinski definition) is 5. The van der Waals surface area contributed by atoms with Crippen LogP contribution in [0.15, 0.2) is 24.3 Å². The van der Waals surface area contributed by atoms with E-state index in [-0.39, 0.29) is 12.7 Å². The minimum Gasteiger partial charge on any atom is -0.487 e. The van der Waals surface area contributed by atoms with E-state index in [1.807, 2.05) is 24.3 Å². The third-order valence-electron chi connectivity index (χ3n) is 2.54. The molecule has 1 atom stereocenters. The molecule has 18 heavy (non-hydrogen) atoms. The monoisotopic (exact) mass is 254 g/mol. The minimum absolute atomic E-state index is 0.0581. The highest BCUT2D eigenvalue weighted by Crippen LogP contribution is 2.26. The molecule has 1 unspecified atom stereocenters. The molecule has 5 heteroatoms. The maximum absolute atomic E-state index is 9.08. The fraction of sp³-hybridized carbons (Fsp3) is 0.538. The lowest BCUT2D eigenvalue weighted by Crippen LogP contribution is -2.27. The van der Waals surface area contributed by atoms with Gasteiger partial charge in [0, 0.05) is 0 Å². The van der Waals surface area contributed by atoms with Crippen LogP contribution in [0.2, 0.25) is 0 Å². The molecular formula is C13H18O5. The van der Waals surface area contributed by atoms with Gasteiger partial charge in [0.25, 0.3) is 0 Å². The average molecular weight is 254 g/mol. The number of rotatable bonds is 1. The summed E-state index contributed by atoms with van der Waals surface area (Å²) in [5.74, 6) is 1.41. The van der Waals surface area contributed by atoms with Crippen molar-refractivity contribution in [1.29, 1.82) is 0 Å². The number of para-hydroxylation sites is 2. The van der Waals surface area contributed by atoms with E-state index in [4.69, 9.17) is 24.1 Å². The quantitative estimate of drug-likeness (QED) is 0.805. The Labute approximate surface area is 106 Å². The van der Waals surface area contributed by atoms with E-state index in [1.54, 1.807) is 0 Å². The van der Waals surface area contributed by atoms with Crippen LogP contribution in [0, 0.1) is 0 Å². The van der Waals surface area contributed by atoms with E-state index in [1.165, 1.54) is 0 Å². The summed E-state index contributed by atoms with van der Waals surface area (Å²) in [4.78, 5) is 0. The highest BCUT2D eigenvalue weighted by Gasteiger charge is 2.10. The van der Waals surface area contributed by atoms with Gasteiger partial charge in [-0.25, -0.2) is 0 Å². The Kier molecular flexibility index (Phi) is 5.26. The molecule has 0 fully saturated rings. The fourth-order valence-corrected chi connectivity index (χ4v) is 1.63.